The lowest BCUT2D eigenvalue weighted by Crippen LogP contribution is -2.49. The van der Waals surface area contributed by atoms with Crippen LogP contribution in [0, 0.1) is 0 Å². The lowest BCUT2D eigenvalue weighted by Gasteiger charge is -2.38. The smallest absolute Gasteiger partial charge is 0.508 e. The highest BCUT2D eigenvalue weighted by molar-refractivity contribution is 5.97. The third-order valence-electron chi connectivity index (χ3n) is 24.3. The molecule has 0 saturated carbocycles. The fourth-order valence-corrected chi connectivity index (χ4v) is 17.5. The van der Waals surface area contributed by atoms with Crippen molar-refractivity contribution < 1.29 is 71.3 Å². The summed E-state index contributed by atoms with van der Waals surface area (Å²) in [7, 11) is 5.52. The second-order valence-electron chi connectivity index (χ2n) is 32.3. The number of carbonyl (C=O) groups is 3. The highest BCUT2D eigenvalue weighted by atomic mass is 19.4. The maximum atomic E-state index is 13.1. The van der Waals surface area contributed by atoms with E-state index in [1.54, 1.807) is 36.2 Å². The van der Waals surface area contributed by atoms with Gasteiger partial charge in [0.15, 0.2) is 5.75 Å². The van der Waals surface area contributed by atoms with E-state index in [9.17, 15) is 42.9 Å². The van der Waals surface area contributed by atoms with Gasteiger partial charge >= 0.3 is 24.4 Å². The highest BCUT2D eigenvalue weighted by Gasteiger charge is 2.37. The molecular weight excluding hydrogens is 1590 g/mol. The number of phenolic OH excluding ortho intramolecular Hbond substituents is 3. The molecule has 662 valence electrons. The minimum Gasteiger partial charge on any atom is -0.508 e. The van der Waals surface area contributed by atoms with Crippen LogP contribution in [-0.2, 0) is 62.8 Å². The van der Waals surface area contributed by atoms with Gasteiger partial charge in [-0.15, -0.1) is 13.2 Å². The molecule has 3 amide bonds. The normalized spacial score (nSPS) is 17.3. The Morgan fingerprint density at radius 2 is 0.879 bits per heavy atom. The second-order valence-corrected chi connectivity index (χ2v) is 32.3. The number of methoxy groups -OCH3 is 2. The number of halogens is 3. The average molecular weight is 1710 g/mol. The number of amides is 3. The van der Waals surface area contributed by atoms with E-state index in [1.165, 1.54) is 49.6 Å². The summed E-state index contributed by atoms with van der Waals surface area (Å²) < 4.78 is 72.7. The molecule has 0 atom stereocenters. The van der Waals surface area contributed by atoms with Crippen LogP contribution in [0.25, 0.3) is 21.5 Å². The van der Waals surface area contributed by atoms with E-state index in [1.807, 2.05) is 65.4 Å². The van der Waals surface area contributed by atoms with Gasteiger partial charge in [-0.2, -0.15) is 29.9 Å². The Morgan fingerprint density at radius 1 is 0.460 bits per heavy atom. The number of piperazine rings is 3. The topological polar surface area (TPSA) is 284 Å². The summed E-state index contributed by atoms with van der Waals surface area (Å²) in [4.78, 5) is 90.8. The number of anilines is 6. The Balaban J connectivity index is 0.000000151. The average Bonchev–Trinajstić information content (AvgIpc) is 0.757. The van der Waals surface area contributed by atoms with Crippen LogP contribution in [0.1, 0.15) is 72.3 Å². The fraction of sp³-hybridized carbons (Fsp3) is 0.484. The summed E-state index contributed by atoms with van der Waals surface area (Å²) in [5.74, 6) is 2.03. The minimum atomic E-state index is -4.91. The first-order chi connectivity index (χ1) is 60.2. The summed E-state index contributed by atoms with van der Waals surface area (Å²) in [5, 5.41) is 35.0. The van der Waals surface area contributed by atoms with Crippen molar-refractivity contribution in [3.05, 3.63) is 163 Å². The first-order valence-corrected chi connectivity index (χ1v) is 43.2. The van der Waals surface area contributed by atoms with E-state index in [0.29, 0.717) is 155 Å². The van der Waals surface area contributed by atoms with Gasteiger partial charge in [0.1, 0.15) is 47.9 Å². The highest BCUT2D eigenvalue weighted by Crippen LogP contribution is 2.42. The number of hydrogen-bond acceptors (Lipinski definition) is 27. The van der Waals surface area contributed by atoms with Crippen molar-refractivity contribution in [2.24, 2.45) is 0 Å². The van der Waals surface area contributed by atoms with Crippen LogP contribution in [0.2, 0.25) is 0 Å². The van der Waals surface area contributed by atoms with E-state index in [0.717, 1.165) is 182 Å². The van der Waals surface area contributed by atoms with E-state index in [2.05, 4.69) is 75.8 Å². The van der Waals surface area contributed by atoms with Gasteiger partial charge in [-0.25, -0.2) is 0 Å². The van der Waals surface area contributed by atoms with Crippen molar-refractivity contribution in [3.63, 3.8) is 0 Å². The number of likely N-dealkylation sites (tertiary alicyclic amines) is 2. The lowest BCUT2D eigenvalue weighted by atomic mass is 10.0. The van der Waals surface area contributed by atoms with Crippen molar-refractivity contribution in [1.82, 2.24) is 59.3 Å². The molecule has 0 unspecified atom stereocenters. The number of aromatic nitrogens is 6. The first kappa shape index (κ1) is 88.8. The molecule has 5 fully saturated rings. The van der Waals surface area contributed by atoms with Crippen LogP contribution >= 0.6 is 0 Å². The van der Waals surface area contributed by atoms with Gasteiger partial charge in [0, 0.05) is 209 Å². The Kier molecular flexibility index (Phi) is 29.9. The van der Waals surface area contributed by atoms with Gasteiger partial charge in [0.2, 0.25) is 17.7 Å². The number of ether oxygens (including phenoxy) is 6. The fourth-order valence-electron chi connectivity index (χ4n) is 17.5. The van der Waals surface area contributed by atoms with Gasteiger partial charge in [-0.3, -0.25) is 19.3 Å². The molecule has 5 saturated heterocycles. The molecule has 5 aromatic carbocycles. The van der Waals surface area contributed by atoms with Crippen molar-refractivity contribution in [1.29, 1.82) is 0 Å². The van der Waals surface area contributed by atoms with E-state index in [-0.39, 0.29) is 53.2 Å². The number of carbonyl (C=O) groups excluding carboxylic acids is 3. The Labute approximate surface area is 722 Å². The molecule has 3 aromatic heterocycles. The minimum absolute atomic E-state index is 0.0353. The number of alkyl halides is 3. The summed E-state index contributed by atoms with van der Waals surface area (Å²) in [6, 6.07) is 28.2. The van der Waals surface area contributed by atoms with E-state index < -0.39 is 12.1 Å². The number of nitrogens with zero attached hydrogens (tertiary/aromatic N) is 18. The van der Waals surface area contributed by atoms with Crippen LogP contribution in [0.15, 0.2) is 129 Å². The molecule has 0 spiro atoms. The molecule has 16 rings (SSSR count). The van der Waals surface area contributed by atoms with Gasteiger partial charge in [0.05, 0.1) is 61.7 Å². The van der Waals surface area contributed by atoms with Crippen molar-refractivity contribution in [2.45, 2.75) is 89.9 Å². The zero-order chi connectivity index (χ0) is 86.8. The quantitative estimate of drug-likeness (QED) is 0.0319. The summed E-state index contributed by atoms with van der Waals surface area (Å²) in [5.41, 5.74) is 7.88. The standard InChI is InChI=1S/C32H40N6O4.C30H38N6O4.C29H37F3N6O4/c1-3-30(40)36-14-16-37(17-15-36)31-27-10-13-38(29-21-24(39)20-23-6-4-5-7-26(23)29)22-28(27)33-32(34-31)42-19-18-35-11-8-25(41-2)9-12-35;1-4-28(38)34-11-13-35(14-12-34)29-25-9-10-36(27-20-23(37)19-22-7-5-6-8-24(22)27)21-26(25)31-30(32-29)40-18-16-33(2)15-17-39-3;1-2-26(40)36-14-16-37(17-15-36)27-22-9-13-38(24-8-7-21(39)19-25(24)42-29(30,31)32)20-23(22)33-28(34-27)41-18-6-12-35-10-4-3-5-11-35/h3-7,20-21,25,39H,1,8-19,22H2,2H3;4-8,19-20,37H,1,9-18,21H2,2-3H3;2,7-8,19,39H,1,3-6,9-18,20H2. The summed E-state index contributed by atoms with van der Waals surface area (Å²) >= 11 is 0. The van der Waals surface area contributed by atoms with Crippen molar-refractivity contribution >= 4 is 73.8 Å². The molecule has 124 heavy (non-hydrogen) atoms. The van der Waals surface area contributed by atoms with Crippen LogP contribution < -0.4 is 48.3 Å². The largest absolute Gasteiger partial charge is 0.573 e. The molecule has 11 heterocycles. The number of fused-ring (bicyclic) bond motifs is 5. The molecule has 33 heteroatoms. The van der Waals surface area contributed by atoms with Crippen molar-refractivity contribution in [2.75, 3.05) is 228 Å². The van der Waals surface area contributed by atoms with Gasteiger partial charge in [-0.1, -0.05) is 74.7 Å². The van der Waals surface area contributed by atoms with E-state index in [4.69, 9.17) is 53.6 Å². The number of hydrogen-bond donors (Lipinski definition) is 3. The van der Waals surface area contributed by atoms with Crippen LogP contribution in [0.4, 0.5) is 47.7 Å². The molecule has 8 aliphatic heterocycles. The number of benzene rings is 5. The number of rotatable bonds is 27. The van der Waals surface area contributed by atoms with E-state index >= 15 is 0 Å². The molecule has 8 aromatic rings. The predicted molar refractivity (Wildman–Crippen MR) is 471 cm³/mol. The third-order valence-corrected chi connectivity index (χ3v) is 24.3. The summed E-state index contributed by atoms with van der Waals surface area (Å²) in [6.45, 7) is 31.2. The number of likely N-dealkylation sites (N-methyl/N-ethyl adjacent to an activating group) is 1. The molecule has 8 aliphatic rings. The van der Waals surface area contributed by atoms with Crippen LogP contribution in [-0.4, -0.2) is 303 Å². The van der Waals surface area contributed by atoms with Crippen molar-refractivity contribution in [3.8, 4) is 41.0 Å². The molecular formula is C91H115F3N18O12. The number of aromatic hydroxyl groups is 3. The maximum Gasteiger partial charge on any atom is 0.573 e. The monoisotopic (exact) mass is 1710 g/mol. The predicted octanol–water partition coefficient (Wildman–Crippen LogP) is 9.64. The zero-order valence-corrected chi connectivity index (χ0v) is 71.4. The van der Waals surface area contributed by atoms with Crippen LogP contribution in [0.3, 0.4) is 0 Å². The number of phenols is 3. The molecule has 3 N–H and O–H groups in total. The number of piperidine rings is 2. The lowest BCUT2D eigenvalue weighted by molar-refractivity contribution is -0.274. The molecule has 0 radical (unpaired) electrons. The van der Waals surface area contributed by atoms with Gasteiger partial charge in [-0.05, 0) is 125 Å². The Bertz CT molecular complexity index is 5030. The summed E-state index contributed by atoms with van der Waals surface area (Å²) in [6.07, 6.45) is 8.15. The van der Waals surface area contributed by atoms with Crippen LogP contribution in [0.5, 0.6) is 41.0 Å². The molecule has 0 aliphatic carbocycles. The first-order valence-electron chi connectivity index (χ1n) is 43.2. The molecule has 0 bridgehead atoms. The maximum absolute atomic E-state index is 13.1. The molecule has 30 nitrogen and oxygen atoms in total. The van der Waals surface area contributed by atoms with Gasteiger partial charge in [0.25, 0.3) is 0 Å². The SMILES string of the molecule is C=CC(=O)N1CCN(c2nc(OCCCN3CCCCC3)nc3c2CCN(c2ccc(O)cc2OC(F)(F)F)C3)CC1.C=CC(=O)N1CCN(c2nc(OCCN(C)CCOC)nc3c2CCN(c2cc(O)cc4ccccc24)C3)CC1.C=CC(=O)N1CCN(c2nc(OCCN3CCC(OC)CC3)nc3c2CCN(c2cc(O)cc4ccccc24)C3)CC1. The third kappa shape index (κ3) is 22.5. The second kappa shape index (κ2) is 41.8. The van der Waals surface area contributed by atoms with Gasteiger partial charge < -0.3 is 97.6 Å². The zero-order valence-electron chi connectivity index (χ0n) is 71.4. The Hall–Kier alpha value is -11.5. The Morgan fingerprint density at radius 3 is 1.31 bits per heavy atom.